The summed E-state index contributed by atoms with van der Waals surface area (Å²) in [5.41, 5.74) is 14.2. The smallest absolute Gasteiger partial charge is 0.242 e. The molecule has 0 amide bonds. The molecule has 1 aliphatic carbocycles. The van der Waals surface area contributed by atoms with Crippen LogP contribution in [0, 0.1) is 18.5 Å². The molecule has 0 N–H and O–H groups in total. The quantitative estimate of drug-likeness (QED) is 0.131. The second-order valence-electron chi connectivity index (χ2n) is 18.2. The van der Waals surface area contributed by atoms with E-state index in [9.17, 15) is 0 Å². The molecule has 0 atom stereocenters. The summed E-state index contributed by atoms with van der Waals surface area (Å²) in [7, 11) is 2.08. The summed E-state index contributed by atoms with van der Waals surface area (Å²) in [5, 5.41) is 2.23. The Labute approximate surface area is 365 Å². The van der Waals surface area contributed by atoms with Crippen LogP contribution in [-0.2, 0) is 44.4 Å². The Balaban J connectivity index is 0.00000433. The van der Waals surface area contributed by atoms with Crippen LogP contribution in [0.2, 0.25) is 0 Å². The van der Waals surface area contributed by atoms with Crippen molar-refractivity contribution in [3.05, 3.63) is 190 Å². The van der Waals surface area contributed by atoms with Crippen molar-refractivity contribution in [1.82, 2.24) is 14.1 Å². The van der Waals surface area contributed by atoms with E-state index in [1.165, 1.54) is 38.9 Å². The zero-order valence-corrected chi connectivity index (χ0v) is 37.1. The summed E-state index contributed by atoms with van der Waals surface area (Å²) in [4.78, 5) is 4.72. The number of rotatable bonds is 3. The van der Waals surface area contributed by atoms with Gasteiger partial charge in [-0.2, -0.15) is 12.1 Å². The number of benzene rings is 6. The maximum Gasteiger partial charge on any atom is 0.242 e. The molecule has 2 aliphatic rings. The molecular formula is C54H44N4OPt-2. The van der Waals surface area contributed by atoms with Crippen LogP contribution in [0.25, 0.3) is 56.5 Å². The summed E-state index contributed by atoms with van der Waals surface area (Å²) in [6.45, 7) is 13.8. The van der Waals surface area contributed by atoms with Crippen molar-refractivity contribution in [2.75, 3.05) is 0 Å². The van der Waals surface area contributed by atoms with E-state index in [0.717, 1.165) is 49.9 Å². The average Bonchev–Trinajstić information content (AvgIpc) is 3.70. The molecule has 298 valence electrons. The molecule has 9 aromatic rings. The second kappa shape index (κ2) is 13.5. The number of nitrogens with zero attached hydrogens (tertiary/aromatic N) is 4. The first-order valence-electron chi connectivity index (χ1n) is 20.4. The Morgan fingerprint density at radius 2 is 1.30 bits per heavy atom. The predicted molar refractivity (Wildman–Crippen MR) is 238 cm³/mol. The van der Waals surface area contributed by atoms with Crippen LogP contribution < -0.4 is 9.30 Å². The number of aryl methyl sites for hydroxylation is 1. The first-order chi connectivity index (χ1) is 28.4. The molecule has 0 fully saturated rings. The molecule has 0 bridgehead atoms. The van der Waals surface area contributed by atoms with Gasteiger partial charge >= 0.3 is 0 Å². The molecule has 6 aromatic carbocycles. The van der Waals surface area contributed by atoms with Gasteiger partial charge in [0, 0.05) is 49.7 Å². The van der Waals surface area contributed by atoms with E-state index in [1.54, 1.807) is 0 Å². The van der Waals surface area contributed by atoms with Gasteiger partial charge in [0.05, 0.1) is 18.1 Å². The largest absolute Gasteiger partial charge is 0.510 e. The maximum absolute atomic E-state index is 6.81. The van der Waals surface area contributed by atoms with Gasteiger partial charge < -0.3 is 18.4 Å². The normalized spacial score (nSPS) is 13.8. The van der Waals surface area contributed by atoms with E-state index in [2.05, 4.69) is 190 Å². The molecule has 0 radical (unpaired) electrons. The van der Waals surface area contributed by atoms with Gasteiger partial charge in [-0.05, 0) is 73.4 Å². The molecular weight excluding hydrogens is 916 g/mol. The molecule has 3 aromatic heterocycles. The summed E-state index contributed by atoms with van der Waals surface area (Å²) in [6.07, 6.45) is 10.1. The summed E-state index contributed by atoms with van der Waals surface area (Å²) >= 11 is 0. The summed E-state index contributed by atoms with van der Waals surface area (Å²) in [6, 6.07) is 51.3. The van der Waals surface area contributed by atoms with Gasteiger partial charge in [0.25, 0.3) is 0 Å². The summed E-state index contributed by atoms with van der Waals surface area (Å²) in [5.74, 6) is 2.04. The Morgan fingerprint density at radius 3 is 1.98 bits per heavy atom. The maximum atomic E-state index is 6.81. The van der Waals surface area contributed by atoms with Crippen LogP contribution in [0.15, 0.2) is 128 Å². The molecule has 60 heavy (non-hydrogen) atoms. The van der Waals surface area contributed by atoms with Gasteiger partial charge in [-0.1, -0.05) is 144 Å². The minimum atomic E-state index is -0.690. The van der Waals surface area contributed by atoms with E-state index in [1.807, 2.05) is 30.5 Å². The Hall–Kier alpha value is -6.03. The van der Waals surface area contributed by atoms with Crippen LogP contribution >= 0.6 is 0 Å². The predicted octanol–water partition coefficient (Wildman–Crippen LogP) is 11.9. The number of hydrogen-bond acceptors (Lipinski definition) is 2. The fourth-order valence-corrected chi connectivity index (χ4v) is 9.57. The zero-order chi connectivity index (χ0) is 40.4. The average molecular weight is 960 g/mol. The first kappa shape index (κ1) is 38.2. The number of para-hydroxylation sites is 2. The van der Waals surface area contributed by atoms with Crippen molar-refractivity contribution in [2.24, 2.45) is 7.05 Å². The van der Waals surface area contributed by atoms with Crippen molar-refractivity contribution in [3.8, 4) is 23.0 Å². The van der Waals surface area contributed by atoms with Crippen molar-refractivity contribution in [2.45, 2.75) is 57.8 Å². The standard InChI is InChI=1S/C54H44N4O.Pt/c1-52(2,3)36-22-20-34-18-19-35-21-23-37(53(4,5)6)30-45(35)54(44(34)29-36)42-27-25-39(32-49(42)57-33-56(7)47-16-12-14-43(54)51(47)57)59-38-24-26-41-40-13-8-9-15-46(40)58(48(41)31-38)50-17-10-11-28-55-50;/h8-30H,1-7H3;/q-2;. The van der Waals surface area contributed by atoms with E-state index < -0.39 is 5.41 Å². The molecule has 5 nitrogen and oxygen atoms in total. The fourth-order valence-electron chi connectivity index (χ4n) is 9.57. The minimum Gasteiger partial charge on any atom is -0.510 e. The Bertz CT molecular complexity index is 3160. The van der Waals surface area contributed by atoms with Crippen molar-refractivity contribution < 1.29 is 30.4 Å². The van der Waals surface area contributed by atoms with Crippen LogP contribution in [0.1, 0.15) is 86.1 Å². The number of fused-ring (bicyclic) bond motifs is 11. The number of pyridine rings is 1. The molecule has 0 saturated carbocycles. The van der Waals surface area contributed by atoms with Crippen molar-refractivity contribution >= 4 is 45.0 Å². The van der Waals surface area contributed by atoms with E-state index >= 15 is 0 Å². The third-order valence-corrected chi connectivity index (χ3v) is 12.5. The van der Waals surface area contributed by atoms with Gasteiger partial charge in [0.2, 0.25) is 6.33 Å². The minimum absolute atomic E-state index is 0. The number of imidazole rings is 1. The van der Waals surface area contributed by atoms with Gasteiger partial charge in [-0.25, -0.2) is 4.98 Å². The molecule has 6 heteroatoms. The van der Waals surface area contributed by atoms with E-state index in [4.69, 9.17) is 9.72 Å². The van der Waals surface area contributed by atoms with E-state index in [-0.39, 0.29) is 31.9 Å². The SMILES string of the molecule is C[n+]1[c-]n2c3c(cccc31)C1(c3ccc(Oc4[c-]c5c(cc4)c4ccccc4n5-c4ccccn4)[c-]c3-2)c2cc(C(C)(C)C)ccc2C=Cc2ccc(C(C)(C)C)cc21.[Pt]. The monoisotopic (exact) mass is 959 g/mol. The zero-order valence-electron chi connectivity index (χ0n) is 34.8. The molecule has 0 saturated heterocycles. The van der Waals surface area contributed by atoms with Gasteiger partial charge in [0.15, 0.2) is 0 Å². The number of aromatic nitrogens is 4. The number of ether oxygens (including phenoxy) is 1. The molecule has 4 heterocycles. The Morgan fingerprint density at radius 1 is 0.633 bits per heavy atom. The molecule has 1 aliphatic heterocycles. The third-order valence-electron chi connectivity index (χ3n) is 12.5. The molecule has 11 rings (SSSR count). The van der Waals surface area contributed by atoms with Crippen LogP contribution in [-0.4, -0.2) is 14.1 Å². The summed E-state index contributed by atoms with van der Waals surface area (Å²) < 4.78 is 13.3. The topological polar surface area (TPSA) is 35.9 Å². The van der Waals surface area contributed by atoms with Gasteiger partial charge in [-0.3, -0.25) is 0 Å². The second-order valence-corrected chi connectivity index (χ2v) is 18.2. The van der Waals surface area contributed by atoms with E-state index in [0.29, 0.717) is 11.5 Å². The van der Waals surface area contributed by atoms with Gasteiger partial charge in [-0.15, -0.1) is 35.2 Å². The molecule has 1 spiro atoms. The van der Waals surface area contributed by atoms with Crippen molar-refractivity contribution in [3.63, 3.8) is 0 Å². The first-order valence-corrected chi connectivity index (χ1v) is 20.4. The van der Waals surface area contributed by atoms with Crippen LogP contribution in [0.3, 0.4) is 0 Å². The Kier molecular flexibility index (Phi) is 8.59. The fraction of sp³-hybridized carbons (Fsp3) is 0.185. The van der Waals surface area contributed by atoms with Gasteiger partial charge in [0.1, 0.15) is 5.82 Å². The van der Waals surface area contributed by atoms with Crippen molar-refractivity contribution in [1.29, 1.82) is 0 Å². The third kappa shape index (κ3) is 5.55. The number of hydrogen-bond donors (Lipinski definition) is 0. The molecule has 0 unspecified atom stereocenters. The van der Waals surface area contributed by atoms with Crippen LogP contribution in [0.5, 0.6) is 11.5 Å². The van der Waals surface area contributed by atoms with Crippen LogP contribution in [0.4, 0.5) is 0 Å².